The summed E-state index contributed by atoms with van der Waals surface area (Å²) in [5.41, 5.74) is 1.17. The van der Waals surface area contributed by atoms with Crippen molar-refractivity contribution in [2.75, 3.05) is 0 Å². The van der Waals surface area contributed by atoms with E-state index in [-0.39, 0.29) is 12.0 Å². The molecule has 2 heteroatoms. The van der Waals surface area contributed by atoms with Gasteiger partial charge in [0.25, 0.3) is 0 Å². The third-order valence-electron chi connectivity index (χ3n) is 2.20. The molecule has 2 nitrogen and oxygen atoms in total. The van der Waals surface area contributed by atoms with Gasteiger partial charge in [-0.05, 0) is 12.0 Å². The molecule has 1 fully saturated rings. The van der Waals surface area contributed by atoms with Crippen LogP contribution in [0.4, 0.5) is 0 Å². The van der Waals surface area contributed by atoms with Crippen LogP contribution in [0, 0.1) is 17.2 Å². The molecule has 0 amide bonds. The second-order valence-electron chi connectivity index (χ2n) is 3.31. The molecular weight excluding hydrogens is 162 g/mol. The zero-order chi connectivity index (χ0) is 9.10. The average molecular weight is 173 g/mol. The van der Waals surface area contributed by atoms with Crippen LogP contribution in [0.5, 0.6) is 0 Å². The Hall–Kier alpha value is -1.33. The van der Waals surface area contributed by atoms with Gasteiger partial charge >= 0.3 is 0 Å². The lowest BCUT2D eigenvalue weighted by molar-refractivity contribution is 0.100. The molecule has 66 valence electrons. The zero-order valence-corrected chi connectivity index (χ0v) is 7.31. The highest BCUT2D eigenvalue weighted by Gasteiger charge is 2.38. The summed E-state index contributed by atoms with van der Waals surface area (Å²) in [7, 11) is 0. The van der Waals surface area contributed by atoms with Crippen molar-refractivity contribution in [3.63, 3.8) is 0 Å². The first kappa shape index (κ1) is 8.28. The molecule has 1 saturated carbocycles. The van der Waals surface area contributed by atoms with Gasteiger partial charge in [0.1, 0.15) is 0 Å². The van der Waals surface area contributed by atoms with Crippen LogP contribution in [0.3, 0.4) is 0 Å². The first-order chi connectivity index (χ1) is 6.40. The van der Waals surface area contributed by atoms with Crippen molar-refractivity contribution in [1.82, 2.24) is 0 Å². The van der Waals surface area contributed by atoms with Crippen molar-refractivity contribution in [2.45, 2.75) is 19.1 Å². The van der Waals surface area contributed by atoms with Gasteiger partial charge < -0.3 is 4.74 Å². The summed E-state index contributed by atoms with van der Waals surface area (Å²) in [6.45, 7) is 0.629. The predicted octanol–water partition coefficient (Wildman–Crippen LogP) is 2.12. The quantitative estimate of drug-likeness (QED) is 0.701. The number of nitriles is 1. The van der Waals surface area contributed by atoms with E-state index >= 15 is 0 Å². The maximum Gasteiger partial charge on any atom is 0.0752 e. The van der Waals surface area contributed by atoms with Crippen molar-refractivity contribution in [2.24, 2.45) is 5.92 Å². The zero-order valence-electron chi connectivity index (χ0n) is 7.31. The lowest BCUT2D eigenvalue weighted by Crippen LogP contribution is -1.96. The third kappa shape index (κ3) is 2.07. The fourth-order valence-corrected chi connectivity index (χ4v) is 1.27. The van der Waals surface area contributed by atoms with Gasteiger partial charge in [-0.15, -0.1) is 0 Å². The molecule has 0 aliphatic heterocycles. The number of hydrogen-bond donors (Lipinski definition) is 0. The molecule has 2 atom stereocenters. The van der Waals surface area contributed by atoms with Crippen molar-refractivity contribution in [3.8, 4) is 6.07 Å². The minimum atomic E-state index is 0.142. The first-order valence-corrected chi connectivity index (χ1v) is 4.45. The van der Waals surface area contributed by atoms with Crippen molar-refractivity contribution < 1.29 is 4.74 Å². The van der Waals surface area contributed by atoms with Gasteiger partial charge in [-0.25, -0.2) is 0 Å². The summed E-state index contributed by atoms with van der Waals surface area (Å²) in [6, 6.07) is 12.2. The van der Waals surface area contributed by atoms with Crippen LogP contribution in [0.1, 0.15) is 12.0 Å². The van der Waals surface area contributed by atoms with Crippen LogP contribution >= 0.6 is 0 Å². The molecule has 0 spiro atoms. The fourth-order valence-electron chi connectivity index (χ4n) is 1.27. The van der Waals surface area contributed by atoms with Crippen molar-refractivity contribution in [1.29, 1.82) is 5.26 Å². The van der Waals surface area contributed by atoms with Crippen LogP contribution in [-0.2, 0) is 11.3 Å². The smallest absolute Gasteiger partial charge is 0.0752 e. The highest BCUT2D eigenvalue weighted by atomic mass is 16.5. The van der Waals surface area contributed by atoms with Crippen molar-refractivity contribution in [3.05, 3.63) is 35.9 Å². The van der Waals surface area contributed by atoms with Crippen LogP contribution < -0.4 is 0 Å². The van der Waals surface area contributed by atoms with Gasteiger partial charge in [0.2, 0.25) is 0 Å². The fraction of sp³-hybridized carbons (Fsp3) is 0.364. The molecule has 0 unspecified atom stereocenters. The molecule has 1 aliphatic rings. The molecule has 2 rings (SSSR count). The van der Waals surface area contributed by atoms with Gasteiger partial charge in [-0.3, -0.25) is 0 Å². The van der Waals surface area contributed by atoms with E-state index in [0.717, 1.165) is 6.42 Å². The Balaban J connectivity index is 1.79. The van der Waals surface area contributed by atoms with Crippen LogP contribution in [0.25, 0.3) is 0 Å². The summed E-state index contributed by atoms with van der Waals surface area (Å²) in [5.74, 6) is 0.142. The number of ether oxygens (including phenoxy) is 1. The average Bonchev–Trinajstić information content (AvgIpc) is 2.95. The van der Waals surface area contributed by atoms with E-state index in [1.807, 2.05) is 30.3 Å². The van der Waals surface area contributed by atoms with Gasteiger partial charge in [0.05, 0.1) is 24.7 Å². The summed E-state index contributed by atoms with van der Waals surface area (Å²) in [6.07, 6.45) is 1.09. The molecule has 0 aromatic heterocycles. The molecule has 1 aromatic carbocycles. The lowest BCUT2D eigenvalue weighted by Gasteiger charge is -2.01. The Morgan fingerprint density at radius 1 is 1.38 bits per heavy atom. The van der Waals surface area contributed by atoms with Crippen LogP contribution in [0.2, 0.25) is 0 Å². The second kappa shape index (κ2) is 3.59. The van der Waals surface area contributed by atoms with E-state index in [1.54, 1.807) is 0 Å². The maximum absolute atomic E-state index is 8.54. The molecular formula is C11H11NO. The number of hydrogen-bond acceptors (Lipinski definition) is 2. The predicted molar refractivity (Wildman–Crippen MR) is 48.7 cm³/mol. The van der Waals surface area contributed by atoms with E-state index in [9.17, 15) is 0 Å². The van der Waals surface area contributed by atoms with Gasteiger partial charge in [-0.2, -0.15) is 5.26 Å². The van der Waals surface area contributed by atoms with E-state index in [0.29, 0.717) is 6.61 Å². The van der Waals surface area contributed by atoms with E-state index in [4.69, 9.17) is 10.00 Å². The molecule has 0 N–H and O–H groups in total. The highest BCUT2D eigenvalue weighted by molar-refractivity contribution is 5.14. The highest BCUT2D eigenvalue weighted by Crippen LogP contribution is 2.33. The van der Waals surface area contributed by atoms with E-state index in [2.05, 4.69) is 6.07 Å². The SMILES string of the molecule is N#C[C@H]1C[C@@H]1OCc1ccccc1. The van der Waals surface area contributed by atoms with Gasteiger partial charge in [-0.1, -0.05) is 30.3 Å². The second-order valence-corrected chi connectivity index (χ2v) is 3.31. The Morgan fingerprint density at radius 2 is 2.15 bits per heavy atom. The molecule has 0 heterocycles. The first-order valence-electron chi connectivity index (χ1n) is 4.45. The monoisotopic (exact) mass is 173 g/mol. The van der Waals surface area contributed by atoms with E-state index < -0.39 is 0 Å². The molecule has 0 radical (unpaired) electrons. The molecule has 13 heavy (non-hydrogen) atoms. The van der Waals surface area contributed by atoms with Crippen molar-refractivity contribution >= 4 is 0 Å². The number of benzene rings is 1. The minimum Gasteiger partial charge on any atom is -0.372 e. The molecule has 0 bridgehead atoms. The normalized spacial score (nSPS) is 25.2. The lowest BCUT2D eigenvalue weighted by atomic mass is 10.2. The Kier molecular flexibility index (Phi) is 2.29. The van der Waals surface area contributed by atoms with E-state index in [1.165, 1.54) is 5.56 Å². The Morgan fingerprint density at radius 3 is 2.77 bits per heavy atom. The minimum absolute atomic E-state index is 0.142. The third-order valence-corrected chi connectivity index (χ3v) is 2.20. The van der Waals surface area contributed by atoms with Crippen LogP contribution in [0.15, 0.2) is 30.3 Å². The Bertz CT molecular complexity index is 315. The topological polar surface area (TPSA) is 33.0 Å². The summed E-state index contributed by atoms with van der Waals surface area (Å²) >= 11 is 0. The largest absolute Gasteiger partial charge is 0.372 e. The van der Waals surface area contributed by atoms with Gasteiger partial charge in [0.15, 0.2) is 0 Å². The molecule has 1 aromatic rings. The maximum atomic E-state index is 8.54. The Labute approximate surface area is 77.8 Å². The number of rotatable bonds is 3. The molecule has 0 saturated heterocycles. The summed E-state index contributed by atoms with van der Waals surface area (Å²) < 4.78 is 5.52. The summed E-state index contributed by atoms with van der Waals surface area (Å²) in [5, 5.41) is 8.54. The number of nitrogens with zero attached hydrogens (tertiary/aromatic N) is 1. The standard InChI is InChI=1S/C11H11NO/c12-7-10-6-11(10)13-8-9-4-2-1-3-5-9/h1-5,10-11H,6,8H2/t10-,11+/m1/s1. The van der Waals surface area contributed by atoms with Crippen LogP contribution in [-0.4, -0.2) is 6.10 Å². The summed E-state index contributed by atoms with van der Waals surface area (Å²) in [4.78, 5) is 0. The molecule has 1 aliphatic carbocycles. The van der Waals surface area contributed by atoms with Gasteiger partial charge in [0, 0.05) is 0 Å².